The number of nitrogens with one attached hydrogen (secondary N) is 1. The molecule has 1 N–H and O–H groups in total. The molecule has 1 aliphatic heterocycles. The van der Waals surface area contributed by atoms with E-state index in [1.807, 2.05) is 0 Å². The van der Waals surface area contributed by atoms with Crippen LogP contribution in [-0.4, -0.2) is 24.6 Å². The summed E-state index contributed by atoms with van der Waals surface area (Å²) in [6, 6.07) is 5.07. The molecule has 1 heterocycles. The Hall–Kier alpha value is -0.800. The molecule has 0 aromatic heterocycles. The van der Waals surface area contributed by atoms with Crippen molar-refractivity contribution < 1.29 is 9.13 Å². The van der Waals surface area contributed by atoms with Crippen molar-refractivity contribution >= 4 is 11.6 Å². The molecule has 2 unspecified atom stereocenters. The fraction of sp³-hybridized carbons (Fsp3) is 0.625. The quantitative estimate of drug-likeness (QED) is 0.836. The van der Waals surface area contributed by atoms with Crippen molar-refractivity contribution in [1.29, 1.82) is 0 Å². The predicted molar refractivity (Wildman–Crippen MR) is 81.1 cm³/mol. The first kappa shape index (κ1) is 15.6. The normalized spacial score (nSPS) is 19.6. The highest BCUT2D eigenvalue weighted by Gasteiger charge is 2.27. The first-order valence-corrected chi connectivity index (χ1v) is 7.68. The molecule has 4 heteroatoms. The van der Waals surface area contributed by atoms with E-state index < -0.39 is 0 Å². The number of ether oxygens (including phenoxy) is 1. The Labute approximate surface area is 125 Å². The zero-order valence-corrected chi connectivity index (χ0v) is 13.1. The SMILES string of the molecule is CC(C)(C)C(CCCl)NCC1Cc2cc(F)ccc2O1. The molecule has 1 aromatic carbocycles. The number of rotatable bonds is 5. The van der Waals surface area contributed by atoms with Crippen LogP contribution >= 0.6 is 11.6 Å². The molecule has 0 spiro atoms. The molecule has 2 atom stereocenters. The van der Waals surface area contributed by atoms with Crippen LogP contribution < -0.4 is 10.1 Å². The van der Waals surface area contributed by atoms with Gasteiger partial charge in [0, 0.05) is 30.5 Å². The summed E-state index contributed by atoms with van der Waals surface area (Å²) in [4.78, 5) is 0. The molecule has 0 aliphatic carbocycles. The van der Waals surface area contributed by atoms with E-state index in [0.29, 0.717) is 11.9 Å². The second-order valence-electron chi connectivity index (χ2n) is 6.50. The Morgan fingerprint density at radius 3 is 2.85 bits per heavy atom. The van der Waals surface area contributed by atoms with Crippen LogP contribution in [0.3, 0.4) is 0 Å². The summed E-state index contributed by atoms with van der Waals surface area (Å²) in [6.07, 6.45) is 1.77. The Morgan fingerprint density at radius 2 is 2.20 bits per heavy atom. The lowest BCUT2D eigenvalue weighted by molar-refractivity contribution is 0.192. The van der Waals surface area contributed by atoms with E-state index in [2.05, 4.69) is 26.1 Å². The van der Waals surface area contributed by atoms with Gasteiger partial charge < -0.3 is 10.1 Å². The second kappa shape index (κ2) is 6.31. The molecule has 0 saturated heterocycles. The summed E-state index contributed by atoms with van der Waals surface area (Å²) in [7, 11) is 0. The van der Waals surface area contributed by atoms with Gasteiger partial charge in [-0.05, 0) is 30.0 Å². The minimum absolute atomic E-state index is 0.0759. The van der Waals surface area contributed by atoms with Crippen molar-refractivity contribution in [1.82, 2.24) is 5.32 Å². The van der Waals surface area contributed by atoms with E-state index in [0.717, 1.165) is 30.7 Å². The lowest BCUT2D eigenvalue weighted by Gasteiger charge is -2.32. The van der Waals surface area contributed by atoms with Crippen LogP contribution in [0.5, 0.6) is 5.75 Å². The average molecular weight is 300 g/mol. The third kappa shape index (κ3) is 3.86. The maximum Gasteiger partial charge on any atom is 0.123 e. The smallest absolute Gasteiger partial charge is 0.123 e. The topological polar surface area (TPSA) is 21.3 Å². The number of fused-ring (bicyclic) bond motifs is 1. The molecule has 2 rings (SSSR count). The van der Waals surface area contributed by atoms with Gasteiger partial charge in [0.25, 0.3) is 0 Å². The van der Waals surface area contributed by atoms with Crippen LogP contribution in [0, 0.1) is 11.2 Å². The van der Waals surface area contributed by atoms with E-state index in [1.54, 1.807) is 12.1 Å². The minimum atomic E-state index is -0.198. The number of halogens is 2. The van der Waals surface area contributed by atoms with Gasteiger partial charge in [-0.2, -0.15) is 0 Å². The molecule has 1 aromatic rings. The number of hydrogen-bond donors (Lipinski definition) is 1. The molecule has 0 bridgehead atoms. The molecule has 0 amide bonds. The maximum atomic E-state index is 13.2. The van der Waals surface area contributed by atoms with Gasteiger partial charge in [-0.1, -0.05) is 20.8 Å². The fourth-order valence-corrected chi connectivity index (χ4v) is 2.85. The zero-order valence-electron chi connectivity index (χ0n) is 12.4. The van der Waals surface area contributed by atoms with Crippen molar-refractivity contribution in [2.24, 2.45) is 5.41 Å². The van der Waals surface area contributed by atoms with E-state index in [9.17, 15) is 4.39 Å². The van der Waals surface area contributed by atoms with Gasteiger partial charge in [-0.15, -0.1) is 11.6 Å². The molecule has 0 saturated carbocycles. The van der Waals surface area contributed by atoms with Crippen LogP contribution in [-0.2, 0) is 6.42 Å². The largest absolute Gasteiger partial charge is 0.488 e. The Balaban J connectivity index is 1.90. The number of hydrogen-bond acceptors (Lipinski definition) is 2. The molecular weight excluding hydrogens is 277 g/mol. The van der Waals surface area contributed by atoms with E-state index >= 15 is 0 Å². The van der Waals surface area contributed by atoms with Crippen LogP contribution in [0.2, 0.25) is 0 Å². The standard InChI is InChI=1S/C16H23ClFNO/c1-16(2,3)15(6-7-17)19-10-13-9-11-8-12(18)4-5-14(11)20-13/h4-5,8,13,15,19H,6-7,9-10H2,1-3H3. The summed E-state index contributed by atoms with van der Waals surface area (Å²) in [5.74, 6) is 1.25. The first-order valence-electron chi connectivity index (χ1n) is 7.14. The fourth-order valence-electron chi connectivity index (χ4n) is 2.63. The van der Waals surface area contributed by atoms with E-state index in [-0.39, 0.29) is 17.3 Å². The number of benzene rings is 1. The van der Waals surface area contributed by atoms with Crippen LogP contribution in [0.1, 0.15) is 32.8 Å². The van der Waals surface area contributed by atoms with Crippen LogP contribution in [0.25, 0.3) is 0 Å². The van der Waals surface area contributed by atoms with Crippen molar-refractivity contribution in [2.45, 2.75) is 45.8 Å². The first-order chi connectivity index (χ1) is 9.40. The second-order valence-corrected chi connectivity index (χ2v) is 6.88. The minimum Gasteiger partial charge on any atom is -0.488 e. The van der Waals surface area contributed by atoms with Crippen molar-refractivity contribution in [3.8, 4) is 5.75 Å². The molecule has 0 fully saturated rings. The molecule has 0 radical (unpaired) electrons. The van der Waals surface area contributed by atoms with Crippen molar-refractivity contribution in [3.05, 3.63) is 29.6 Å². The highest BCUT2D eigenvalue weighted by atomic mass is 35.5. The highest BCUT2D eigenvalue weighted by Crippen LogP contribution is 2.29. The lowest BCUT2D eigenvalue weighted by Crippen LogP contribution is -2.44. The third-order valence-corrected chi connectivity index (χ3v) is 4.02. The summed E-state index contributed by atoms with van der Waals surface area (Å²) in [5, 5.41) is 3.55. The van der Waals surface area contributed by atoms with Gasteiger partial charge in [0.15, 0.2) is 0 Å². The molecule has 2 nitrogen and oxygen atoms in total. The van der Waals surface area contributed by atoms with Gasteiger partial charge in [0.2, 0.25) is 0 Å². The number of alkyl halides is 1. The predicted octanol–water partition coefficient (Wildman–Crippen LogP) is 3.76. The van der Waals surface area contributed by atoms with E-state index in [1.165, 1.54) is 6.07 Å². The zero-order chi connectivity index (χ0) is 14.8. The molecular formula is C16H23ClFNO. The molecule has 20 heavy (non-hydrogen) atoms. The monoisotopic (exact) mass is 299 g/mol. The van der Waals surface area contributed by atoms with Gasteiger partial charge in [-0.3, -0.25) is 0 Å². The van der Waals surface area contributed by atoms with Gasteiger partial charge in [-0.25, -0.2) is 4.39 Å². The summed E-state index contributed by atoms with van der Waals surface area (Å²) in [5.41, 5.74) is 1.12. The summed E-state index contributed by atoms with van der Waals surface area (Å²) >= 11 is 5.88. The summed E-state index contributed by atoms with van der Waals surface area (Å²) in [6.45, 7) is 7.37. The average Bonchev–Trinajstić information content (AvgIpc) is 2.74. The lowest BCUT2D eigenvalue weighted by atomic mass is 9.85. The highest BCUT2D eigenvalue weighted by molar-refractivity contribution is 6.17. The maximum absolute atomic E-state index is 13.2. The van der Waals surface area contributed by atoms with Crippen molar-refractivity contribution in [2.75, 3.05) is 12.4 Å². The van der Waals surface area contributed by atoms with Crippen LogP contribution in [0.15, 0.2) is 18.2 Å². The van der Waals surface area contributed by atoms with Gasteiger partial charge >= 0.3 is 0 Å². The third-order valence-electron chi connectivity index (χ3n) is 3.80. The van der Waals surface area contributed by atoms with Gasteiger partial charge in [0.1, 0.15) is 17.7 Å². The summed E-state index contributed by atoms with van der Waals surface area (Å²) < 4.78 is 19.0. The molecule has 112 valence electrons. The Bertz CT molecular complexity index is 458. The van der Waals surface area contributed by atoms with E-state index in [4.69, 9.17) is 16.3 Å². The van der Waals surface area contributed by atoms with Crippen LogP contribution in [0.4, 0.5) is 4.39 Å². The molecule has 1 aliphatic rings. The Kier molecular flexibility index (Phi) is 4.92. The van der Waals surface area contributed by atoms with Gasteiger partial charge in [0.05, 0.1) is 0 Å². The van der Waals surface area contributed by atoms with Crippen molar-refractivity contribution in [3.63, 3.8) is 0 Å². The Morgan fingerprint density at radius 1 is 1.45 bits per heavy atom.